The van der Waals surface area contributed by atoms with Crippen LogP contribution in [0.2, 0.25) is 0 Å². The van der Waals surface area contributed by atoms with Crippen LogP contribution in [-0.4, -0.2) is 52.9 Å². The average Bonchev–Trinajstić information content (AvgIpc) is 2.79. The molecule has 1 fully saturated rings. The van der Waals surface area contributed by atoms with Crippen LogP contribution in [-0.2, 0) is 0 Å². The fourth-order valence-electron chi connectivity index (χ4n) is 3.64. The molecular weight excluding hydrogens is 392 g/mol. The van der Waals surface area contributed by atoms with Crippen LogP contribution < -0.4 is 10.9 Å². The number of amides is 3. The third-order valence-corrected chi connectivity index (χ3v) is 5.35. The summed E-state index contributed by atoms with van der Waals surface area (Å²) in [6.45, 7) is 3.53. The van der Waals surface area contributed by atoms with Gasteiger partial charge in [0.15, 0.2) is 0 Å². The van der Waals surface area contributed by atoms with Crippen LogP contribution in [0.15, 0.2) is 71.5 Å². The van der Waals surface area contributed by atoms with E-state index in [9.17, 15) is 14.4 Å². The molecule has 1 aromatic heterocycles. The fourth-order valence-corrected chi connectivity index (χ4v) is 3.64. The third kappa shape index (κ3) is 4.66. The highest BCUT2D eigenvalue weighted by Gasteiger charge is 2.26. The molecule has 4 rings (SSSR count). The maximum atomic E-state index is 12.9. The average molecular weight is 416 g/mol. The van der Waals surface area contributed by atoms with Crippen molar-refractivity contribution in [1.29, 1.82) is 0 Å². The van der Waals surface area contributed by atoms with E-state index >= 15 is 0 Å². The summed E-state index contributed by atoms with van der Waals surface area (Å²) >= 11 is 0. The molecule has 1 aliphatic heterocycles. The largest absolute Gasteiger partial charge is 0.335 e. The number of pyridine rings is 1. The van der Waals surface area contributed by atoms with E-state index < -0.39 is 5.56 Å². The Morgan fingerprint density at radius 3 is 2.26 bits per heavy atom. The van der Waals surface area contributed by atoms with Gasteiger partial charge in [0.25, 0.3) is 11.5 Å². The Bertz CT molecular complexity index is 1150. The lowest BCUT2D eigenvalue weighted by molar-refractivity contribution is 0.0670. The first kappa shape index (κ1) is 20.4. The number of benzene rings is 2. The van der Waals surface area contributed by atoms with Crippen LogP contribution in [0.5, 0.6) is 0 Å². The van der Waals surface area contributed by atoms with E-state index in [2.05, 4.69) is 10.3 Å². The number of carbonyl (C=O) groups excluding carboxylic acids is 2. The van der Waals surface area contributed by atoms with Crippen LogP contribution >= 0.6 is 0 Å². The van der Waals surface area contributed by atoms with Gasteiger partial charge in [0.2, 0.25) is 0 Å². The minimum absolute atomic E-state index is 0.109. The number of H-pyrrole nitrogens is 1. The predicted molar refractivity (Wildman–Crippen MR) is 120 cm³/mol. The zero-order valence-electron chi connectivity index (χ0n) is 17.3. The lowest BCUT2D eigenvalue weighted by atomic mass is 10.1. The number of hydrogen-bond acceptors (Lipinski definition) is 3. The molecule has 2 aromatic carbocycles. The van der Waals surface area contributed by atoms with Crippen LogP contribution in [0.25, 0.3) is 11.3 Å². The van der Waals surface area contributed by atoms with Crippen LogP contribution in [0, 0.1) is 6.92 Å². The lowest BCUT2D eigenvalue weighted by Crippen LogP contribution is -2.52. The number of anilines is 1. The summed E-state index contributed by atoms with van der Waals surface area (Å²) < 4.78 is 0. The van der Waals surface area contributed by atoms with E-state index in [1.807, 2.05) is 61.5 Å². The van der Waals surface area contributed by atoms with Crippen molar-refractivity contribution in [2.24, 2.45) is 0 Å². The maximum Gasteiger partial charge on any atom is 0.321 e. The quantitative estimate of drug-likeness (QED) is 0.687. The Kier molecular flexibility index (Phi) is 5.84. The molecule has 7 heteroatoms. The molecule has 3 aromatic rings. The van der Waals surface area contributed by atoms with E-state index in [-0.39, 0.29) is 17.5 Å². The molecule has 2 N–H and O–H groups in total. The molecule has 158 valence electrons. The van der Waals surface area contributed by atoms with E-state index in [1.165, 1.54) is 0 Å². The number of aromatic nitrogens is 1. The standard InChI is InChI=1S/C24H24N4O3/c1-17-6-5-9-19(16-17)25-24(31)28-14-12-27(13-15-28)23(30)20-10-11-21(26-22(20)29)18-7-3-2-4-8-18/h2-11,16H,12-15H2,1H3,(H,25,31)(H,26,29). The van der Waals surface area contributed by atoms with E-state index in [1.54, 1.807) is 21.9 Å². The summed E-state index contributed by atoms with van der Waals surface area (Å²) in [7, 11) is 0. The SMILES string of the molecule is Cc1cccc(NC(=O)N2CCN(C(=O)c3ccc(-c4ccccc4)[nH]c3=O)CC2)c1. The zero-order valence-corrected chi connectivity index (χ0v) is 17.3. The number of rotatable bonds is 3. The zero-order chi connectivity index (χ0) is 21.8. The molecule has 0 radical (unpaired) electrons. The normalized spacial score (nSPS) is 13.7. The smallest absolute Gasteiger partial charge is 0.321 e. The molecule has 7 nitrogen and oxygen atoms in total. The summed E-state index contributed by atoms with van der Waals surface area (Å²) in [5.41, 5.74) is 3.06. The molecule has 1 saturated heterocycles. The molecule has 0 saturated carbocycles. The Labute approximate surface area is 180 Å². The number of urea groups is 1. The van der Waals surface area contributed by atoms with Gasteiger partial charge in [-0.15, -0.1) is 0 Å². The lowest BCUT2D eigenvalue weighted by Gasteiger charge is -2.34. The Morgan fingerprint density at radius 1 is 0.871 bits per heavy atom. The molecule has 0 spiro atoms. The number of carbonyl (C=O) groups is 2. The molecule has 0 aliphatic carbocycles. The van der Waals surface area contributed by atoms with Gasteiger partial charge in [-0.1, -0.05) is 42.5 Å². The van der Waals surface area contributed by atoms with Crippen molar-refractivity contribution in [3.8, 4) is 11.3 Å². The number of nitrogens with one attached hydrogen (secondary N) is 2. The highest BCUT2D eigenvalue weighted by atomic mass is 16.2. The second-order valence-electron chi connectivity index (χ2n) is 7.56. The van der Waals surface area contributed by atoms with Crippen molar-refractivity contribution in [3.63, 3.8) is 0 Å². The van der Waals surface area contributed by atoms with Crippen molar-refractivity contribution < 1.29 is 9.59 Å². The summed E-state index contributed by atoms with van der Waals surface area (Å²) in [5.74, 6) is -0.320. The topological polar surface area (TPSA) is 85.5 Å². The van der Waals surface area contributed by atoms with E-state index in [0.717, 1.165) is 16.8 Å². The van der Waals surface area contributed by atoms with E-state index in [4.69, 9.17) is 0 Å². The highest BCUT2D eigenvalue weighted by molar-refractivity contribution is 5.94. The van der Waals surface area contributed by atoms with Gasteiger partial charge in [-0.25, -0.2) is 4.79 Å². The van der Waals surface area contributed by atoms with Crippen LogP contribution in [0.1, 0.15) is 15.9 Å². The van der Waals surface area contributed by atoms with Gasteiger partial charge in [-0.2, -0.15) is 0 Å². The first-order chi connectivity index (χ1) is 15.0. The molecular formula is C24H24N4O3. The second kappa shape index (κ2) is 8.87. The van der Waals surface area contributed by atoms with Gasteiger partial charge in [-0.05, 0) is 42.3 Å². The van der Waals surface area contributed by atoms with Gasteiger partial charge in [0, 0.05) is 37.6 Å². The Balaban J connectivity index is 1.38. The summed E-state index contributed by atoms with van der Waals surface area (Å²) in [5, 5.41) is 2.89. The van der Waals surface area contributed by atoms with Gasteiger partial charge < -0.3 is 20.1 Å². The van der Waals surface area contributed by atoms with E-state index in [0.29, 0.717) is 31.9 Å². The van der Waals surface area contributed by atoms with Crippen molar-refractivity contribution in [3.05, 3.63) is 88.2 Å². The molecule has 2 heterocycles. The molecule has 0 unspecified atom stereocenters. The van der Waals surface area contributed by atoms with Crippen LogP contribution in [0.4, 0.5) is 10.5 Å². The number of piperazine rings is 1. The summed E-state index contributed by atoms with van der Waals surface area (Å²) in [4.78, 5) is 44.0. The highest BCUT2D eigenvalue weighted by Crippen LogP contribution is 2.16. The number of aryl methyl sites for hydroxylation is 1. The van der Waals surface area contributed by atoms with Crippen LogP contribution in [0.3, 0.4) is 0 Å². The third-order valence-electron chi connectivity index (χ3n) is 5.35. The first-order valence-electron chi connectivity index (χ1n) is 10.2. The van der Waals surface area contributed by atoms with Crippen molar-refractivity contribution in [2.75, 3.05) is 31.5 Å². The number of nitrogens with zero attached hydrogens (tertiary/aromatic N) is 2. The number of aromatic amines is 1. The summed E-state index contributed by atoms with van der Waals surface area (Å²) in [6, 6.07) is 20.2. The van der Waals surface area contributed by atoms with Crippen molar-refractivity contribution >= 4 is 17.6 Å². The predicted octanol–water partition coefficient (Wildman–Crippen LogP) is 3.34. The maximum absolute atomic E-state index is 12.9. The Morgan fingerprint density at radius 2 is 1.58 bits per heavy atom. The Hall–Kier alpha value is -3.87. The monoisotopic (exact) mass is 416 g/mol. The second-order valence-corrected chi connectivity index (χ2v) is 7.56. The van der Waals surface area contributed by atoms with Gasteiger partial charge in [0.05, 0.1) is 0 Å². The molecule has 1 aliphatic rings. The van der Waals surface area contributed by atoms with Gasteiger partial charge >= 0.3 is 6.03 Å². The van der Waals surface area contributed by atoms with Crippen molar-refractivity contribution in [1.82, 2.24) is 14.8 Å². The molecule has 3 amide bonds. The fraction of sp³-hybridized carbons (Fsp3) is 0.208. The minimum atomic E-state index is -0.411. The number of hydrogen-bond donors (Lipinski definition) is 2. The molecule has 0 bridgehead atoms. The minimum Gasteiger partial charge on any atom is -0.335 e. The van der Waals surface area contributed by atoms with Crippen molar-refractivity contribution in [2.45, 2.75) is 6.92 Å². The van der Waals surface area contributed by atoms with Gasteiger partial charge in [0.1, 0.15) is 5.56 Å². The molecule has 31 heavy (non-hydrogen) atoms. The molecule has 0 atom stereocenters. The summed E-state index contributed by atoms with van der Waals surface area (Å²) in [6.07, 6.45) is 0. The first-order valence-corrected chi connectivity index (χ1v) is 10.2. The van der Waals surface area contributed by atoms with Gasteiger partial charge in [-0.3, -0.25) is 9.59 Å².